The Morgan fingerprint density at radius 3 is 1.69 bits per heavy atom. The summed E-state index contributed by atoms with van der Waals surface area (Å²) in [6, 6.07) is 42.7. The van der Waals surface area contributed by atoms with Crippen LogP contribution in [-0.2, 0) is 0 Å². The molecule has 0 bridgehead atoms. The van der Waals surface area contributed by atoms with Crippen molar-refractivity contribution in [3.63, 3.8) is 0 Å². The van der Waals surface area contributed by atoms with Gasteiger partial charge in [0.1, 0.15) is 5.01 Å². The molecule has 0 aliphatic heterocycles. The van der Waals surface area contributed by atoms with Crippen molar-refractivity contribution in [2.75, 3.05) is 0 Å². The first-order valence-electron chi connectivity index (χ1n) is 11.7. The average Bonchev–Trinajstić information content (AvgIpc) is 3.41. The van der Waals surface area contributed by atoms with E-state index in [2.05, 4.69) is 121 Å². The summed E-state index contributed by atoms with van der Waals surface area (Å²) in [5, 5.41) is 8.14. The van der Waals surface area contributed by atoms with Gasteiger partial charge in [0.25, 0.3) is 0 Å². The van der Waals surface area contributed by atoms with Crippen molar-refractivity contribution in [2.24, 2.45) is 0 Å². The maximum absolute atomic E-state index is 5.11. The predicted octanol–water partition coefficient (Wildman–Crippen LogP) is 9.00. The van der Waals surface area contributed by atoms with E-state index >= 15 is 0 Å². The lowest BCUT2D eigenvalue weighted by atomic mass is 9.88. The van der Waals surface area contributed by atoms with Crippen LogP contribution in [0.15, 0.2) is 121 Å². The van der Waals surface area contributed by atoms with Gasteiger partial charge in [-0.15, -0.1) is 0 Å². The molecule has 0 N–H and O–H groups in total. The highest BCUT2D eigenvalue weighted by Crippen LogP contribution is 2.43. The molecule has 0 aliphatic rings. The third-order valence-corrected chi connectivity index (χ3v) is 7.41. The van der Waals surface area contributed by atoms with Crippen LogP contribution in [0.2, 0.25) is 0 Å². The van der Waals surface area contributed by atoms with Crippen LogP contribution in [0.3, 0.4) is 0 Å². The van der Waals surface area contributed by atoms with Crippen LogP contribution in [0.1, 0.15) is 0 Å². The van der Waals surface area contributed by atoms with E-state index in [1.807, 2.05) is 0 Å². The van der Waals surface area contributed by atoms with Gasteiger partial charge in [0.2, 0.25) is 0 Å². The molecule has 0 fully saturated rings. The molecule has 7 aromatic rings. The number of fused-ring (bicyclic) bond motifs is 3. The van der Waals surface area contributed by atoms with Gasteiger partial charge in [-0.2, -0.15) is 4.37 Å². The maximum atomic E-state index is 5.11. The summed E-state index contributed by atoms with van der Waals surface area (Å²) < 4.78 is 4.90. The molecule has 0 spiro atoms. The number of hydrogen-bond acceptors (Lipinski definition) is 3. The van der Waals surface area contributed by atoms with Gasteiger partial charge in [0, 0.05) is 11.1 Å². The first kappa shape index (κ1) is 20.1. The second kappa shape index (κ2) is 8.15. The monoisotopic (exact) mass is 464 g/mol. The van der Waals surface area contributed by atoms with Crippen LogP contribution < -0.4 is 0 Å². The van der Waals surface area contributed by atoms with Gasteiger partial charge in [-0.1, -0.05) is 121 Å². The largest absolute Gasteiger partial charge is 0.214 e. The molecule has 2 nitrogen and oxygen atoms in total. The van der Waals surface area contributed by atoms with Gasteiger partial charge in [0.05, 0.1) is 0 Å². The molecule has 0 amide bonds. The minimum atomic E-state index is 0.782. The molecule has 0 radical (unpaired) electrons. The minimum absolute atomic E-state index is 0.782. The van der Waals surface area contributed by atoms with E-state index in [4.69, 9.17) is 9.36 Å². The Morgan fingerprint density at radius 1 is 0.457 bits per heavy atom. The van der Waals surface area contributed by atoms with Crippen molar-refractivity contribution in [1.29, 1.82) is 0 Å². The van der Waals surface area contributed by atoms with E-state index in [0.29, 0.717) is 0 Å². The number of rotatable bonds is 3. The quantitative estimate of drug-likeness (QED) is 0.244. The van der Waals surface area contributed by atoms with E-state index in [0.717, 1.165) is 22.0 Å². The summed E-state index contributed by atoms with van der Waals surface area (Å²) in [7, 11) is 0. The van der Waals surface area contributed by atoms with E-state index in [1.165, 1.54) is 55.0 Å². The molecule has 164 valence electrons. The van der Waals surface area contributed by atoms with Crippen LogP contribution >= 0.6 is 11.5 Å². The summed E-state index contributed by atoms with van der Waals surface area (Å²) in [5.74, 6) is 0.782. The number of hydrogen-bond donors (Lipinski definition) is 0. The molecule has 0 saturated carbocycles. The zero-order valence-electron chi connectivity index (χ0n) is 18.8. The lowest BCUT2D eigenvalue weighted by Gasteiger charge is -2.15. The molecule has 3 heteroatoms. The third-order valence-electron chi connectivity index (χ3n) is 6.66. The summed E-state index contributed by atoms with van der Waals surface area (Å²) >= 11 is 1.47. The van der Waals surface area contributed by atoms with Gasteiger partial charge >= 0.3 is 0 Å². The summed E-state index contributed by atoms with van der Waals surface area (Å²) in [5.41, 5.74) is 4.69. The highest BCUT2D eigenvalue weighted by molar-refractivity contribution is 7.09. The van der Waals surface area contributed by atoms with Gasteiger partial charge < -0.3 is 0 Å². The fraction of sp³-hybridized carbons (Fsp3) is 0. The van der Waals surface area contributed by atoms with E-state index in [1.54, 1.807) is 0 Å². The molecule has 0 unspecified atom stereocenters. The maximum Gasteiger partial charge on any atom is 0.174 e. The van der Waals surface area contributed by atoms with Gasteiger partial charge in [-0.05, 0) is 55.0 Å². The van der Waals surface area contributed by atoms with Crippen LogP contribution in [0.4, 0.5) is 0 Å². The second-order valence-electron chi connectivity index (χ2n) is 8.66. The topological polar surface area (TPSA) is 25.8 Å². The minimum Gasteiger partial charge on any atom is -0.214 e. The fourth-order valence-corrected chi connectivity index (χ4v) is 5.84. The Bertz CT molecular complexity index is 1790. The first-order valence-corrected chi connectivity index (χ1v) is 12.5. The number of nitrogens with zero attached hydrogens (tertiary/aromatic N) is 2. The van der Waals surface area contributed by atoms with Crippen molar-refractivity contribution in [2.45, 2.75) is 0 Å². The van der Waals surface area contributed by atoms with Crippen molar-refractivity contribution >= 4 is 43.8 Å². The average molecular weight is 465 g/mol. The molecule has 35 heavy (non-hydrogen) atoms. The molecule has 0 aliphatic carbocycles. The van der Waals surface area contributed by atoms with Crippen LogP contribution in [0.5, 0.6) is 0 Å². The predicted molar refractivity (Wildman–Crippen MR) is 149 cm³/mol. The van der Waals surface area contributed by atoms with Gasteiger partial charge in [0.15, 0.2) is 5.82 Å². The SMILES string of the molecule is c1ccc(-c2c3ccccc3c(-c3nsc(-c4cccc5ccccc45)n3)c3ccccc23)cc1. The molecular formula is C32H20N2S. The first-order chi connectivity index (χ1) is 17.4. The molecule has 7 rings (SSSR count). The van der Waals surface area contributed by atoms with Crippen molar-refractivity contribution in [3.05, 3.63) is 121 Å². The Hall–Kier alpha value is -4.34. The molecule has 0 saturated heterocycles. The zero-order valence-corrected chi connectivity index (χ0v) is 19.7. The lowest BCUT2D eigenvalue weighted by Crippen LogP contribution is -1.91. The lowest BCUT2D eigenvalue weighted by molar-refractivity contribution is 1.34. The summed E-state index contributed by atoms with van der Waals surface area (Å²) in [6.45, 7) is 0. The van der Waals surface area contributed by atoms with Crippen molar-refractivity contribution in [3.8, 4) is 33.1 Å². The molecular weight excluding hydrogens is 444 g/mol. The summed E-state index contributed by atoms with van der Waals surface area (Å²) in [4.78, 5) is 5.11. The Kier molecular flexibility index (Phi) is 4.68. The van der Waals surface area contributed by atoms with E-state index in [9.17, 15) is 0 Å². The van der Waals surface area contributed by atoms with E-state index in [-0.39, 0.29) is 0 Å². The molecule has 6 aromatic carbocycles. The molecule has 0 atom stereocenters. The Balaban J connectivity index is 1.52. The highest BCUT2D eigenvalue weighted by Gasteiger charge is 2.19. The smallest absolute Gasteiger partial charge is 0.174 e. The van der Waals surface area contributed by atoms with Gasteiger partial charge in [-0.3, -0.25) is 0 Å². The highest BCUT2D eigenvalue weighted by atomic mass is 32.1. The summed E-state index contributed by atoms with van der Waals surface area (Å²) in [6.07, 6.45) is 0. The van der Waals surface area contributed by atoms with Crippen LogP contribution in [0.25, 0.3) is 65.4 Å². The normalized spacial score (nSPS) is 11.4. The van der Waals surface area contributed by atoms with Gasteiger partial charge in [-0.25, -0.2) is 4.98 Å². The van der Waals surface area contributed by atoms with Crippen LogP contribution in [0, 0.1) is 0 Å². The second-order valence-corrected chi connectivity index (χ2v) is 9.41. The van der Waals surface area contributed by atoms with Crippen molar-refractivity contribution in [1.82, 2.24) is 9.36 Å². The standard InChI is InChI=1S/C32H20N2S/c1-2-12-22(13-3-1)29-24-16-6-8-18-26(24)30(27-19-9-7-17-25(27)29)31-33-32(35-34-31)28-20-10-14-21-11-4-5-15-23(21)28/h1-20H. The fourth-order valence-electron chi connectivity index (χ4n) is 5.13. The number of aromatic nitrogens is 2. The van der Waals surface area contributed by atoms with Crippen molar-refractivity contribution < 1.29 is 0 Å². The van der Waals surface area contributed by atoms with E-state index < -0.39 is 0 Å². The zero-order chi connectivity index (χ0) is 23.2. The third kappa shape index (κ3) is 3.24. The molecule has 1 heterocycles. The molecule has 1 aromatic heterocycles. The Labute approximate surface area is 207 Å². The Morgan fingerprint density at radius 2 is 1.00 bits per heavy atom. The number of benzene rings is 6. The van der Waals surface area contributed by atoms with Crippen LogP contribution in [-0.4, -0.2) is 9.36 Å².